The lowest BCUT2D eigenvalue weighted by atomic mass is 9.85. The van der Waals surface area contributed by atoms with Crippen molar-refractivity contribution >= 4 is 0 Å². The van der Waals surface area contributed by atoms with Gasteiger partial charge < -0.3 is 9.84 Å². The maximum Gasteiger partial charge on any atom is 0.119 e. The number of piperidine rings is 1. The molecular formula is C20H25NO2. The van der Waals surface area contributed by atoms with Gasteiger partial charge in [-0.2, -0.15) is 0 Å². The lowest BCUT2D eigenvalue weighted by Crippen LogP contribution is -2.45. The molecule has 1 heterocycles. The van der Waals surface area contributed by atoms with Crippen LogP contribution >= 0.6 is 0 Å². The van der Waals surface area contributed by atoms with Crippen LogP contribution in [0.5, 0.6) is 5.75 Å². The number of hydrogen-bond acceptors (Lipinski definition) is 3. The lowest BCUT2D eigenvalue weighted by molar-refractivity contribution is -0.0381. The predicted molar refractivity (Wildman–Crippen MR) is 92.5 cm³/mol. The molecule has 3 rings (SSSR count). The molecule has 0 spiro atoms. The number of rotatable bonds is 5. The second kappa shape index (κ2) is 7.16. The van der Waals surface area contributed by atoms with Crippen LogP contribution in [-0.2, 0) is 12.1 Å². The van der Waals surface area contributed by atoms with Gasteiger partial charge in [-0.05, 0) is 49.6 Å². The molecule has 122 valence electrons. The van der Waals surface area contributed by atoms with Crippen LogP contribution in [0.1, 0.15) is 30.9 Å². The average molecular weight is 311 g/mol. The van der Waals surface area contributed by atoms with Crippen molar-refractivity contribution in [3.05, 3.63) is 65.7 Å². The summed E-state index contributed by atoms with van der Waals surface area (Å²) in [6.07, 6.45) is 1.82. The van der Waals surface area contributed by atoms with Crippen molar-refractivity contribution in [2.24, 2.45) is 0 Å². The molecule has 1 saturated heterocycles. The molecule has 0 radical (unpaired) electrons. The van der Waals surface area contributed by atoms with E-state index in [1.54, 1.807) is 0 Å². The quantitative estimate of drug-likeness (QED) is 0.916. The minimum Gasteiger partial charge on any atom is -0.494 e. The predicted octanol–water partition coefficient (Wildman–Crippen LogP) is 3.57. The summed E-state index contributed by atoms with van der Waals surface area (Å²) in [4.78, 5) is 2.34. The minimum absolute atomic E-state index is 0.661. The molecule has 1 unspecified atom stereocenters. The Morgan fingerprint density at radius 3 is 2.52 bits per heavy atom. The number of aliphatic hydroxyl groups is 1. The van der Waals surface area contributed by atoms with Crippen molar-refractivity contribution in [1.29, 1.82) is 0 Å². The third-order valence-corrected chi connectivity index (χ3v) is 4.50. The van der Waals surface area contributed by atoms with Gasteiger partial charge in [0.2, 0.25) is 0 Å². The van der Waals surface area contributed by atoms with Crippen LogP contribution in [0.2, 0.25) is 0 Å². The average Bonchev–Trinajstić information content (AvgIpc) is 2.57. The fraction of sp³-hybridized carbons (Fsp3) is 0.400. The SMILES string of the molecule is CCOc1ccc(C2(O)CCCN(Cc3ccccc3)C2)cc1. The van der Waals surface area contributed by atoms with Crippen LogP contribution in [-0.4, -0.2) is 29.7 Å². The van der Waals surface area contributed by atoms with Gasteiger partial charge in [-0.3, -0.25) is 4.90 Å². The third kappa shape index (κ3) is 3.92. The van der Waals surface area contributed by atoms with Gasteiger partial charge in [0.05, 0.1) is 6.61 Å². The molecule has 23 heavy (non-hydrogen) atoms. The zero-order valence-electron chi connectivity index (χ0n) is 13.7. The number of hydrogen-bond donors (Lipinski definition) is 1. The van der Waals surface area contributed by atoms with Gasteiger partial charge in [-0.15, -0.1) is 0 Å². The van der Waals surface area contributed by atoms with E-state index in [0.29, 0.717) is 13.2 Å². The van der Waals surface area contributed by atoms with Gasteiger partial charge in [0, 0.05) is 13.1 Å². The maximum atomic E-state index is 11.1. The van der Waals surface area contributed by atoms with Gasteiger partial charge in [0.1, 0.15) is 11.4 Å². The van der Waals surface area contributed by atoms with E-state index in [4.69, 9.17) is 4.74 Å². The Morgan fingerprint density at radius 2 is 1.83 bits per heavy atom. The Kier molecular flexibility index (Phi) is 4.99. The lowest BCUT2D eigenvalue weighted by Gasteiger charge is -2.39. The van der Waals surface area contributed by atoms with Crippen molar-refractivity contribution in [3.63, 3.8) is 0 Å². The van der Waals surface area contributed by atoms with E-state index in [0.717, 1.165) is 37.2 Å². The van der Waals surface area contributed by atoms with Crippen molar-refractivity contribution < 1.29 is 9.84 Å². The first-order valence-corrected chi connectivity index (χ1v) is 8.41. The number of nitrogens with zero attached hydrogens (tertiary/aromatic N) is 1. The fourth-order valence-electron chi connectivity index (χ4n) is 3.36. The summed E-state index contributed by atoms with van der Waals surface area (Å²) < 4.78 is 5.49. The van der Waals surface area contributed by atoms with Gasteiger partial charge in [0.15, 0.2) is 0 Å². The number of β-amino-alcohol motifs (C(OH)–C–C–N with tert-alkyl or cyclic N) is 1. The second-order valence-electron chi connectivity index (χ2n) is 6.29. The molecule has 1 fully saturated rings. The first-order chi connectivity index (χ1) is 11.2. The monoisotopic (exact) mass is 311 g/mol. The van der Waals surface area contributed by atoms with E-state index in [2.05, 4.69) is 29.2 Å². The van der Waals surface area contributed by atoms with Crippen molar-refractivity contribution in [1.82, 2.24) is 4.90 Å². The Bertz CT molecular complexity index is 611. The highest BCUT2D eigenvalue weighted by Gasteiger charge is 2.34. The number of ether oxygens (including phenoxy) is 1. The molecule has 1 N–H and O–H groups in total. The van der Waals surface area contributed by atoms with Crippen LogP contribution in [0.25, 0.3) is 0 Å². The zero-order chi connectivity index (χ0) is 16.1. The zero-order valence-corrected chi connectivity index (χ0v) is 13.7. The maximum absolute atomic E-state index is 11.1. The fourth-order valence-corrected chi connectivity index (χ4v) is 3.36. The number of benzene rings is 2. The standard InChI is InChI=1S/C20H25NO2/c1-2-23-19-11-9-18(10-12-19)20(22)13-6-14-21(16-20)15-17-7-4-3-5-8-17/h3-5,7-12,22H,2,6,13-16H2,1H3. The van der Waals surface area contributed by atoms with E-state index in [1.165, 1.54) is 5.56 Å². The Hall–Kier alpha value is -1.84. The van der Waals surface area contributed by atoms with Crippen LogP contribution in [0, 0.1) is 0 Å². The van der Waals surface area contributed by atoms with Crippen LogP contribution in [0.15, 0.2) is 54.6 Å². The van der Waals surface area contributed by atoms with Gasteiger partial charge in [-0.1, -0.05) is 42.5 Å². The largest absolute Gasteiger partial charge is 0.494 e. The summed E-state index contributed by atoms with van der Waals surface area (Å²) in [5, 5.41) is 11.1. The van der Waals surface area contributed by atoms with E-state index >= 15 is 0 Å². The molecule has 3 heteroatoms. The molecule has 0 aliphatic carbocycles. The van der Waals surface area contributed by atoms with Gasteiger partial charge in [-0.25, -0.2) is 0 Å². The molecule has 3 nitrogen and oxygen atoms in total. The highest BCUT2D eigenvalue weighted by atomic mass is 16.5. The highest BCUT2D eigenvalue weighted by Crippen LogP contribution is 2.33. The smallest absolute Gasteiger partial charge is 0.119 e. The van der Waals surface area contributed by atoms with Gasteiger partial charge in [0.25, 0.3) is 0 Å². The number of likely N-dealkylation sites (tertiary alicyclic amines) is 1. The molecular weight excluding hydrogens is 286 g/mol. The molecule has 1 aliphatic rings. The Balaban J connectivity index is 1.70. The topological polar surface area (TPSA) is 32.7 Å². The molecule has 2 aromatic rings. The molecule has 0 bridgehead atoms. The van der Waals surface area contributed by atoms with E-state index in [9.17, 15) is 5.11 Å². The summed E-state index contributed by atoms with van der Waals surface area (Å²) in [7, 11) is 0. The Morgan fingerprint density at radius 1 is 1.09 bits per heavy atom. The molecule has 0 saturated carbocycles. The minimum atomic E-state index is -0.766. The summed E-state index contributed by atoms with van der Waals surface area (Å²) in [6, 6.07) is 18.4. The first-order valence-electron chi connectivity index (χ1n) is 8.41. The summed E-state index contributed by atoms with van der Waals surface area (Å²) >= 11 is 0. The van der Waals surface area contributed by atoms with Crippen LogP contribution in [0.3, 0.4) is 0 Å². The summed E-state index contributed by atoms with van der Waals surface area (Å²) in [5.74, 6) is 0.858. The van der Waals surface area contributed by atoms with Crippen LogP contribution in [0.4, 0.5) is 0 Å². The van der Waals surface area contributed by atoms with E-state index < -0.39 is 5.60 Å². The van der Waals surface area contributed by atoms with Crippen LogP contribution < -0.4 is 4.74 Å². The second-order valence-corrected chi connectivity index (χ2v) is 6.29. The first kappa shape index (κ1) is 16.0. The van der Waals surface area contributed by atoms with E-state index in [1.807, 2.05) is 37.3 Å². The van der Waals surface area contributed by atoms with Gasteiger partial charge >= 0.3 is 0 Å². The van der Waals surface area contributed by atoms with Crippen molar-refractivity contribution in [2.75, 3.05) is 19.7 Å². The highest BCUT2D eigenvalue weighted by molar-refractivity contribution is 5.31. The molecule has 0 aromatic heterocycles. The summed E-state index contributed by atoms with van der Waals surface area (Å²) in [6.45, 7) is 5.24. The molecule has 1 aliphatic heterocycles. The normalized spacial score (nSPS) is 22.0. The van der Waals surface area contributed by atoms with Crippen molar-refractivity contribution in [3.8, 4) is 5.75 Å². The molecule has 2 aromatic carbocycles. The third-order valence-electron chi connectivity index (χ3n) is 4.50. The van der Waals surface area contributed by atoms with Crippen molar-refractivity contribution in [2.45, 2.75) is 31.9 Å². The Labute approximate surface area is 138 Å². The van der Waals surface area contributed by atoms with E-state index in [-0.39, 0.29) is 0 Å². The molecule has 1 atom stereocenters. The molecule has 0 amide bonds. The summed E-state index contributed by atoms with van der Waals surface area (Å²) in [5.41, 5.74) is 1.51.